The Kier molecular flexibility index (Phi) is 3.06. The molecule has 0 aliphatic rings. The van der Waals surface area contributed by atoms with Gasteiger partial charge in [-0.1, -0.05) is 11.3 Å². The average molecular weight is 298 g/mol. The molecule has 0 bridgehead atoms. The molecule has 0 aliphatic carbocycles. The summed E-state index contributed by atoms with van der Waals surface area (Å²) >= 11 is 1.15. The Hall–Kier alpha value is -2.15. The Morgan fingerprint density at radius 3 is 2.45 bits per heavy atom. The van der Waals surface area contributed by atoms with Crippen LogP contribution in [0.5, 0.6) is 0 Å². The second-order valence-corrected chi connectivity index (χ2v) is 5.03. The zero-order valence-electron chi connectivity index (χ0n) is 9.75. The van der Waals surface area contributed by atoms with E-state index < -0.39 is 23.3 Å². The molecule has 0 amide bonds. The lowest BCUT2D eigenvalue weighted by Gasteiger charge is -2.04. The van der Waals surface area contributed by atoms with Crippen molar-refractivity contribution in [3.05, 3.63) is 53.6 Å². The van der Waals surface area contributed by atoms with Crippen molar-refractivity contribution in [3.63, 3.8) is 0 Å². The molecule has 0 aliphatic heterocycles. The van der Waals surface area contributed by atoms with Crippen molar-refractivity contribution in [1.82, 2.24) is 4.98 Å². The number of nitrogens with zero attached hydrogens (tertiary/aromatic N) is 1. The van der Waals surface area contributed by atoms with E-state index in [-0.39, 0.29) is 10.8 Å². The van der Waals surface area contributed by atoms with Gasteiger partial charge in [0.25, 0.3) is 0 Å². The van der Waals surface area contributed by atoms with E-state index in [0.717, 1.165) is 11.3 Å². The Morgan fingerprint density at radius 1 is 0.900 bits per heavy atom. The Balaban J connectivity index is 1.99. The first-order chi connectivity index (χ1) is 9.52. The highest BCUT2D eigenvalue weighted by atomic mass is 32.1. The van der Waals surface area contributed by atoms with Crippen LogP contribution in [-0.4, -0.2) is 4.98 Å². The summed E-state index contributed by atoms with van der Waals surface area (Å²) < 4.78 is 53.1. The van der Waals surface area contributed by atoms with Crippen molar-refractivity contribution in [2.75, 3.05) is 5.32 Å². The zero-order chi connectivity index (χ0) is 14.3. The van der Waals surface area contributed by atoms with Crippen LogP contribution in [0.3, 0.4) is 0 Å². The molecular weight excluding hydrogens is 292 g/mol. The summed E-state index contributed by atoms with van der Waals surface area (Å²) in [6, 6.07) is 5.21. The third-order valence-corrected chi connectivity index (χ3v) is 3.55. The minimum Gasteiger partial charge on any atom is -0.329 e. The second-order valence-electron chi connectivity index (χ2n) is 4.00. The minimum absolute atomic E-state index is 0.233. The molecule has 2 nitrogen and oxygen atoms in total. The van der Waals surface area contributed by atoms with Crippen LogP contribution in [-0.2, 0) is 0 Å². The zero-order valence-corrected chi connectivity index (χ0v) is 10.6. The van der Waals surface area contributed by atoms with Gasteiger partial charge < -0.3 is 5.32 Å². The van der Waals surface area contributed by atoms with E-state index in [9.17, 15) is 17.6 Å². The van der Waals surface area contributed by atoms with Gasteiger partial charge in [0, 0.05) is 18.2 Å². The summed E-state index contributed by atoms with van der Waals surface area (Å²) in [6.07, 6.45) is 0. The minimum atomic E-state index is -1.26. The SMILES string of the molecule is Fc1ccc2sc(Nc3cc(F)c(F)cc3F)nc2c1. The maximum absolute atomic E-state index is 13.5. The molecule has 0 saturated carbocycles. The molecule has 1 aromatic heterocycles. The maximum atomic E-state index is 13.5. The van der Waals surface area contributed by atoms with Crippen LogP contribution >= 0.6 is 11.3 Å². The molecule has 20 heavy (non-hydrogen) atoms. The maximum Gasteiger partial charge on any atom is 0.188 e. The van der Waals surface area contributed by atoms with Crippen LogP contribution in [0.4, 0.5) is 28.4 Å². The number of benzene rings is 2. The van der Waals surface area contributed by atoms with Crippen LogP contribution in [0.1, 0.15) is 0 Å². The summed E-state index contributed by atoms with van der Waals surface area (Å²) in [5, 5.41) is 2.81. The van der Waals surface area contributed by atoms with Gasteiger partial charge in [0.15, 0.2) is 16.8 Å². The van der Waals surface area contributed by atoms with Crippen molar-refractivity contribution in [3.8, 4) is 0 Å². The molecule has 3 aromatic rings. The Morgan fingerprint density at radius 2 is 1.65 bits per heavy atom. The topological polar surface area (TPSA) is 24.9 Å². The summed E-state index contributed by atoms with van der Waals surface area (Å²) in [6.45, 7) is 0. The van der Waals surface area contributed by atoms with E-state index in [1.807, 2.05) is 0 Å². The Labute approximate surface area is 114 Å². The third kappa shape index (κ3) is 2.32. The molecule has 1 N–H and O–H groups in total. The summed E-state index contributed by atoms with van der Waals surface area (Å²) in [5.41, 5.74) is 0.170. The lowest BCUT2D eigenvalue weighted by atomic mass is 10.3. The van der Waals surface area contributed by atoms with Gasteiger partial charge in [-0.05, 0) is 12.1 Å². The van der Waals surface area contributed by atoms with Crippen molar-refractivity contribution < 1.29 is 17.6 Å². The summed E-state index contributed by atoms with van der Waals surface area (Å²) in [4.78, 5) is 4.05. The first-order valence-corrected chi connectivity index (χ1v) is 6.32. The molecule has 0 saturated heterocycles. The van der Waals surface area contributed by atoms with E-state index in [4.69, 9.17) is 0 Å². The highest BCUT2D eigenvalue weighted by Crippen LogP contribution is 2.30. The van der Waals surface area contributed by atoms with Gasteiger partial charge >= 0.3 is 0 Å². The molecule has 0 atom stereocenters. The number of hydrogen-bond donors (Lipinski definition) is 1. The number of nitrogens with one attached hydrogen (secondary N) is 1. The number of rotatable bonds is 2. The van der Waals surface area contributed by atoms with Gasteiger partial charge in [0.1, 0.15) is 11.6 Å². The number of halogens is 4. The highest BCUT2D eigenvalue weighted by Gasteiger charge is 2.12. The molecule has 0 spiro atoms. The molecule has 0 fully saturated rings. The van der Waals surface area contributed by atoms with Gasteiger partial charge in [0.05, 0.1) is 15.9 Å². The lowest BCUT2D eigenvalue weighted by Crippen LogP contribution is -1.96. The molecule has 102 valence electrons. The number of fused-ring (bicyclic) bond motifs is 1. The van der Waals surface area contributed by atoms with Crippen LogP contribution in [0, 0.1) is 23.3 Å². The van der Waals surface area contributed by atoms with Gasteiger partial charge in [-0.15, -0.1) is 0 Å². The van der Waals surface area contributed by atoms with E-state index in [1.54, 1.807) is 0 Å². The second kappa shape index (κ2) is 4.75. The lowest BCUT2D eigenvalue weighted by molar-refractivity contribution is 0.496. The molecule has 0 unspecified atom stereocenters. The van der Waals surface area contributed by atoms with Crippen LogP contribution in [0.25, 0.3) is 10.2 Å². The normalized spacial score (nSPS) is 11.0. The number of hydrogen-bond acceptors (Lipinski definition) is 3. The van der Waals surface area contributed by atoms with Gasteiger partial charge in [0.2, 0.25) is 0 Å². The molecule has 7 heteroatoms. The fourth-order valence-electron chi connectivity index (χ4n) is 1.69. The van der Waals surface area contributed by atoms with Crippen LogP contribution < -0.4 is 5.32 Å². The quantitative estimate of drug-likeness (QED) is 0.552. The molecule has 1 heterocycles. The van der Waals surface area contributed by atoms with E-state index >= 15 is 0 Å². The van der Waals surface area contributed by atoms with E-state index in [1.165, 1.54) is 18.2 Å². The summed E-state index contributed by atoms with van der Waals surface area (Å²) in [7, 11) is 0. The fraction of sp³-hybridized carbons (Fsp3) is 0. The predicted molar refractivity (Wildman–Crippen MR) is 69.2 cm³/mol. The van der Waals surface area contributed by atoms with Crippen LogP contribution in [0.15, 0.2) is 30.3 Å². The van der Waals surface area contributed by atoms with Crippen molar-refractivity contribution in [2.24, 2.45) is 0 Å². The summed E-state index contributed by atoms with van der Waals surface area (Å²) in [5.74, 6) is -3.80. The monoisotopic (exact) mass is 298 g/mol. The highest BCUT2D eigenvalue weighted by molar-refractivity contribution is 7.22. The first-order valence-electron chi connectivity index (χ1n) is 5.50. The van der Waals surface area contributed by atoms with Crippen LogP contribution in [0.2, 0.25) is 0 Å². The fourth-order valence-corrected chi connectivity index (χ4v) is 2.55. The first kappa shape index (κ1) is 12.9. The van der Waals surface area contributed by atoms with Crippen molar-refractivity contribution in [1.29, 1.82) is 0 Å². The average Bonchev–Trinajstić information content (AvgIpc) is 2.77. The largest absolute Gasteiger partial charge is 0.329 e. The molecule has 0 radical (unpaired) electrons. The number of thiazole rings is 1. The number of anilines is 2. The van der Waals surface area contributed by atoms with Gasteiger partial charge in [-0.2, -0.15) is 0 Å². The van der Waals surface area contributed by atoms with Crippen molar-refractivity contribution in [2.45, 2.75) is 0 Å². The molecule has 3 rings (SSSR count). The van der Waals surface area contributed by atoms with Gasteiger partial charge in [-0.25, -0.2) is 22.5 Å². The van der Waals surface area contributed by atoms with E-state index in [2.05, 4.69) is 10.3 Å². The third-order valence-electron chi connectivity index (χ3n) is 2.60. The van der Waals surface area contributed by atoms with Gasteiger partial charge in [-0.3, -0.25) is 0 Å². The predicted octanol–water partition coefficient (Wildman–Crippen LogP) is 4.60. The van der Waals surface area contributed by atoms with Crippen molar-refractivity contribution >= 4 is 32.4 Å². The molecule has 2 aromatic carbocycles. The Bertz CT molecular complexity index is 800. The standard InChI is InChI=1S/C13H6F4N2S/c14-6-1-2-12-11(3-6)19-13(20-12)18-10-5-8(16)7(15)4-9(10)17/h1-5H,(H,18,19). The smallest absolute Gasteiger partial charge is 0.188 e. The molecular formula is C13H6F4N2S. The number of aromatic nitrogens is 1. The van der Waals surface area contributed by atoms with E-state index in [0.29, 0.717) is 22.3 Å².